The van der Waals surface area contributed by atoms with Crippen LogP contribution in [-0.2, 0) is 49.1 Å². The van der Waals surface area contributed by atoms with E-state index in [0.29, 0.717) is 37.3 Å². The van der Waals surface area contributed by atoms with Crippen LogP contribution in [0.3, 0.4) is 0 Å². The molecule has 0 radical (unpaired) electrons. The van der Waals surface area contributed by atoms with E-state index in [2.05, 4.69) is 16.0 Å². The molecule has 86 heavy (non-hydrogen) atoms. The molecule has 0 saturated carbocycles. The molecule has 3 aliphatic heterocycles. The van der Waals surface area contributed by atoms with Crippen LogP contribution >= 0.6 is 11.6 Å². The van der Waals surface area contributed by atoms with E-state index in [1.165, 1.54) is 14.0 Å². The number of carbonyl (C=O) groups excluding carboxylic acids is 4. The number of nitro groups is 2. The molecule has 0 bridgehead atoms. The first-order valence-corrected chi connectivity index (χ1v) is 29.8. The summed E-state index contributed by atoms with van der Waals surface area (Å²) < 4.78 is 51.1. The fraction of sp³-hybridized carbons (Fsp3) is 0.729. The van der Waals surface area contributed by atoms with Crippen LogP contribution in [0, 0.1) is 38.0 Å². The molecule has 3 amide bonds. The molecule has 484 valence electrons. The van der Waals surface area contributed by atoms with E-state index in [1.807, 2.05) is 63.0 Å². The lowest BCUT2D eigenvalue weighted by molar-refractivity contribution is -0.394. The number of halogens is 1. The van der Waals surface area contributed by atoms with E-state index in [-0.39, 0.29) is 62.5 Å². The van der Waals surface area contributed by atoms with Crippen LogP contribution in [-0.4, -0.2) is 204 Å². The van der Waals surface area contributed by atoms with Gasteiger partial charge in [0.15, 0.2) is 24.8 Å². The lowest BCUT2D eigenvalue weighted by atomic mass is 9.77. The molecule has 0 spiro atoms. The minimum atomic E-state index is -2.00. The predicted molar refractivity (Wildman–Crippen MR) is 315 cm³/mol. The van der Waals surface area contributed by atoms with Gasteiger partial charge in [-0.05, 0) is 126 Å². The van der Waals surface area contributed by atoms with Crippen LogP contribution in [0.1, 0.15) is 124 Å². The number of nitrogens with zero attached hydrogens (tertiary/aromatic N) is 4. The van der Waals surface area contributed by atoms with E-state index >= 15 is 4.79 Å². The number of alkyl carbamates (subject to hydrolysis) is 2. The number of unbranched alkanes of at least 4 members (excludes halogenated alkanes) is 1. The van der Waals surface area contributed by atoms with E-state index in [1.54, 1.807) is 54.5 Å². The number of benzene rings is 2. The van der Waals surface area contributed by atoms with Gasteiger partial charge in [0, 0.05) is 74.9 Å². The summed E-state index contributed by atoms with van der Waals surface area (Å²) in [4.78, 5) is 79.6. The second kappa shape index (κ2) is 31.2. The molecular formula is C59H92ClN7O19. The van der Waals surface area contributed by atoms with Crippen molar-refractivity contribution in [1.29, 1.82) is 0 Å². The number of aliphatic hydroxyl groups is 3. The normalized spacial score (nSPS) is 34.2. The fourth-order valence-electron chi connectivity index (χ4n) is 12.1. The minimum absolute atomic E-state index is 0.0639. The number of carbonyl (C=O) groups is 4. The van der Waals surface area contributed by atoms with Gasteiger partial charge in [0.2, 0.25) is 0 Å². The Bertz CT molecular complexity index is 2590. The van der Waals surface area contributed by atoms with Gasteiger partial charge in [0.1, 0.15) is 23.4 Å². The predicted octanol–water partition coefficient (Wildman–Crippen LogP) is 6.29. The van der Waals surface area contributed by atoms with E-state index in [4.69, 9.17) is 49.5 Å². The zero-order chi connectivity index (χ0) is 64.2. The number of rotatable bonds is 20. The SMILES string of the molecule is CC[C@@H]1OC(=O)[C@H](C)[C@H](O[C@H]2C[C@@](C)(OC)[C@@H](OC(=O)NCCCCNC(=O)c3cc([N+](=O)[O-])cc([N+](=O)[O-])c3)[C@H](C)O2)[C@@H](C)[C@@H](O[C@@H]2O[C@H](C)C[C@H](N(C)C)[C@H]2O)[C@](C)(O)C[C@@H](C)CN(C)[C@@H](C)[C@H](OC(=O)NCCc2ccccc2Cl)[C@]1(C)O. The topological polar surface area (TPSA) is 332 Å². The first-order chi connectivity index (χ1) is 40.2. The smallest absolute Gasteiger partial charge is 0.407 e. The van der Waals surface area contributed by atoms with Crippen molar-refractivity contribution in [3.05, 3.63) is 78.8 Å². The van der Waals surface area contributed by atoms with Gasteiger partial charge in [-0.2, -0.15) is 0 Å². The number of hydrogen-bond donors (Lipinski definition) is 6. The number of methoxy groups -OCH3 is 1. The molecule has 0 aliphatic carbocycles. The molecule has 0 aromatic heterocycles. The molecule has 3 aliphatic rings. The molecule has 6 N–H and O–H groups in total. The Kier molecular flexibility index (Phi) is 25.9. The monoisotopic (exact) mass is 1240 g/mol. The van der Waals surface area contributed by atoms with Crippen LogP contribution < -0.4 is 16.0 Å². The standard InChI is InChI=1S/C59H92ClN7O19/c1-15-45-59(10,74)50(85-56(72)63-25-22-39-20-16-17-21-43(39)60)37(6)65(13)32-33(2)30-57(8,73)49(84-54-47(68)44(64(11)12)26-34(3)80-54)35(4)48(36(5)53(70)82-45)83-46-31-58(9,79-14)51(38(7)81-46)86-55(71)62-24-19-18-23-61-52(69)40-27-41(66(75)76)29-42(28-40)67(77)78/h16-17,20-21,27-29,33-38,44-51,54,68,73-74H,15,18-19,22-26,30-32H2,1-14H3,(H,61,69)(H,62,71)(H,63,72)/t33-,34-,35-,36-,37+,38+,44+,45+,46+,47-,48-,49-,50+,51+,54+,57-,58-,59-/m1/s1. The minimum Gasteiger partial charge on any atom is -0.459 e. The molecule has 27 heteroatoms. The third kappa shape index (κ3) is 18.6. The van der Waals surface area contributed by atoms with Crippen LogP contribution in [0.5, 0.6) is 0 Å². The van der Waals surface area contributed by atoms with Crippen molar-refractivity contribution in [2.45, 2.75) is 204 Å². The molecule has 2 aromatic carbocycles. The molecule has 0 unspecified atom stereocenters. The maximum absolute atomic E-state index is 15.0. The fourth-order valence-corrected chi connectivity index (χ4v) is 12.4. The zero-order valence-electron chi connectivity index (χ0n) is 52.0. The Balaban J connectivity index is 1.40. The average molecular weight is 1240 g/mol. The van der Waals surface area contributed by atoms with Crippen molar-refractivity contribution >= 4 is 47.0 Å². The number of nitrogens with one attached hydrogen (secondary N) is 3. The van der Waals surface area contributed by atoms with Gasteiger partial charge < -0.3 is 74.1 Å². The summed E-state index contributed by atoms with van der Waals surface area (Å²) in [6, 6.07) is 8.82. The lowest BCUT2D eigenvalue weighted by Crippen LogP contribution is -2.61. The average Bonchev–Trinajstić information content (AvgIpc) is 1.32. The Morgan fingerprint density at radius 2 is 1.44 bits per heavy atom. The maximum Gasteiger partial charge on any atom is 0.407 e. The highest BCUT2D eigenvalue weighted by Gasteiger charge is 2.54. The van der Waals surface area contributed by atoms with Crippen LogP contribution in [0.25, 0.3) is 0 Å². The van der Waals surface area contributed by atoms with Crippen molar-refractivity contribution in [1.82, 2.24) is 25.8 Å². The van der Waals surface area contributed by atoms with E-state index in [9.17, 15) is 49.9 Å². The quantitative estimate of drug-likeness (QED) is 0.0279. The van der Waals surface area contributed by atoms with Crippen molar-refractivity contribution in [3.63, 3.8) is 0 Å². The van der Waals surface area contributed by atoms with Crippen LogP contribution in [0.15, 0.2) is 42.5 Å². The number of amides is 3. The summed E-state index contributed by atoms with van der Waals surface area (Å²) in [5.41, 5.74) is -5.67. The molecule has 2 aromatic rings. The highest BCUT2D eigenvalue weighted by atomic mass is 35.5. The molecule has 3 heterocycles. The number of aliphatic hydroxyl groups excluding tert-OH is 1. The van der Waals surface area contributed by atoms with Crippen LogP contribution in [0.4, 0.5) is 21.0 Å². The summed E-state index contributed by atoms with van der Waals surface area (Å²) in [7, 11) is 6.93. The third-order valence-corrected chi connectivity index (χ3v) is 17.3. The summed E-state index contributed by atoms with van der Waals surface area (Å²) in [6.45, 7) is 17.8. The zero-order valence-corrected chi connectivity index (χ0v) is 52.8. The van der Waals surface area contributed by atoms with Gasteiger partial charge in [-0.3, -0.25) is 34.7 Å². The first kappa shape index (κ1) is 71.4. The van der Waals surface area contributed by atoms with Gasteiger partial charge in [-0.15, -0.1) is 0 Å². The van der Waals surface area contributed by atoms with Crippen LogP contribution in [0.2, 0.25) is 5.02 Å². The van der Waals surface area contributed by atoms with Gasteiger partial charge in [-0.25, -0.2) is 9.59 Å². The van der Waals surface area contributed by atoms with Gasteiger partial charge in [0.25, 0.3) is 17.3 Å². The first-order valence-electron chi connectivity index (χ1n) is 29.5. The molecule has 3 saturated heterocycles. The summed E-state index contributed by atoms with van der Waals surface area (Å²) in [5, 5.41) is 68.7. The number of nitro benzene ring substituents is 2. The van der Waals surface area contributed by atoms with Crippen molar-refractivity contribution in [2.24, 2.45) is 17.8 Å². The molecule has 3 fully saturated rings. The highest BCUT2D eigenvalue weighted by Crippen LogP contribution is 2.41. The summed E-state index contributed by atoms with van der Waals surface area (Å²) >= 11 is 6.38. The second-order valence-corrected chi connectivity index (χ2v) is 24.7. The summed E-state index contributed by atoms with van der Waals surface area (Å²) in [5.74, 6) is -4.02. The van der Waals surface area contributed by atoms with Gasteiger partial charge >= 0.3 is 18.2 Å². The number of ether oxygens (including phenoxy) is 8. The summed E-state index contributed by atoms with van der Waals surface area (Å²) in [6.07, 6.45) is -10.8. The lowest BCUT2D eigenvalue weighted by Gasteiger charge is -2.49. The highest BCUT2D eigenvalue weighted by molar-refractivity contribution is 6.31. The number of esters is 1. The van der Waals surface area contributed by atoms with E-state index in [0.717, 1.165) is 23.8 Å². The maximum atomic E-state index is 15.0. The largest absolute Gasteiger partial charge is 0.459 e. The second-order valence-electron chi connectivity index (χ2n) is 24.3. The Labute approximate surface area is 508 Å². The van der Waals surface area contributed by atoms with Crippen molar-refractivity contribution in [2.75, 3.05) is 54.4 Å². The van der Waals surface area contributed by atoms with Gasteiger partial charge in [-0.1, -0.05) is 50.6 Å². The van der Waals surface area contributed by atoms with E-state index < -0.39 is 135 Å². The van der Waals surface area contributed by atoms with Gasteiger partial charge in [0.05, 0.1) is 57.4 Å². The van der Waals surface area contributed by atoms with Crippen molar-refractivity contribution < 1.29 is 82.2 Å². The number of likely N-dealkylation sites (N-methyl/N-ethyl adjacent to an activating group) is 2. The third-order valence-electron chi connectivity index (χ3n) is 17.0. The molecular weight excluding hydrogens is 1150 g/mol. The number of cyclic esters (lactones) is 1. The van der Waals surface area contributed by atoms with Crippen molar-refractivity contribution in [3.8, 4) is 0 Å². The molecule has 26 nitrogen and oxygen atoms in total. The Morgan fingerprint density at radius 3 is 2.02 bits per heavy atom. The molecule has 18 atom stereocenters. The number of hydrogen-bond acceptors (Lipinski definition) is 21. The molecule has 5 rings (SSSR count). The number of non-ortho nitro benzene ring substituents is 2. The Hall–Kier alpha value is -5.39. The Morgan fingerprint density at radius 1 is 0.849 bits per heavy atom.